The van der Waals surface area contributed by atoms with Gasteiger partial charge in [0.1, 0.15) is 11.1 Å². The van der Waals surface area contributed by atoms with Crippen molar-refractivity contribution in [3.8, 4) is 11.9 Å². The topological polar surface area (TPSA) is 86.4 Å². The van der Waals surface area contributed by atoms with Crippen LogP contribution in [0.5, 0.6) is 5.88 Å². The summed E-state index contributed by atoms with van der Waals surface area (Å²) in [4.78, 5) is 3.80. The maximum atomic E-state index is 9.47. The lowest BCUT2D eigenvalue weighted by Crippen LogP contribution is -2.16. The van der Waals surface area contributed by atoms with E-state index in [1.54, 1.807) is 0 Å². The Morgan fingerprint density at radius 2 is 2.27 bits per heavy atom. The lowest BCUT2D eigenvalue weighted by Gasteiger charge is -2.12. The highest BCUT2D eigenvalue weighted by Gasteiger charge is 2.19. The number of nitriles is 1. The van der Waals surface area contributed by atoms with Gasteiger partial charge >= 0.3 is 0 Å². The molecule has 0 aromatic carbocycles. The van der Waals surface area contributed by atoms with E-state index >= 15 is 0 Å². The first-order valence-corrected chi connectivity index (χ1v) is 4.43. The van der Waals surface area contributed by atoms with Crippen LogP contribution in [-0.2, 0) is 0 Å². The molecule has 0 aliphatic carbocycles. The standard InChI is InChI=1S/C9H9ClN2O3/c1-15-9-6(10)2-5(4-12-9)8(14)7(13)3-11/h2,4,7-8,13-14H,1H3. The Hall–Kier alpha value is -1.35. The van der Waals surface area contributed by atoms with Gasteiger partial charge in [-0.3, -0.25) is 0 Å². The Morgan fingerprint density at radius 1 is 1.60 bits per heavy atom. The number of ether oxygens (including phenoxy) is 1. The minimum absolute atomic E-state index is 0.208. The Balaban J connectivity index is 2.98. The van der Waals surface area contributed by atoms with E-state index in [4.69, 9.17) is 26.7 Å². The third-order valence-electron chi connectivity index (χ3n) is 1.79. The van der Waals surface area contributed by atoms with E-state index in [-0.39, 0.29) is 16.5 Å². The number of hydrogen-bond donors (Lipinski definition) is 2. The number of aliphatic hydroxyl groups is 2. The van der Waals surface area contributed by atoms with Gasteiger partial charge in [0, 0.05) is 11.8 Å². The second kappa shape index (κ2) is 4.94. The minimum Gasteiger partial charge on any atom is -0.480 e. The van der Waals surface area contributed by atoms with Gasteiger partial charge in [-0.15, -0.1) is 0 Å². The molecule has 15 heavy (non-hydrogen) atoms. The first-order valence-electron chi connectivity index (χ1n) is 4.05. The third-order valence-corrected chi connectivity index (χ3v) is 2.07. The Bertz CT molecular complexity index is 391. The summed E-state index contributed by atoms with van der Waals surface area (Å²) in [6.07, 6.45) is -1.54. The number of rotatable bonds is 3. The molecular weight excluding hydrogens is 220 g/mol. The molecule has 80 valence electrons. The maximum absolute atomic E-state index is 9.47. The van der Waals surface area contributed by atoms with Gasteiger partial charge in [0.15, 0.2) is 6.10 Å². The molecule has 0 radical (unpaired) electrons. The van der Waals surface area contributed by atoms with Crippen LogP contribution >= 0.6 is 11.6 Å². The van der Waals surface area contributed by atoms with Crippen molar-refractivity contribution in [2.24, 2.45) is 0 Å². The van der Waals surface area contributed by atoms with Crippen LogP contribution in [0.25, 0.3) is 0 Å². The van der Waals surface area contributed by atoms with Crippen molar-refractivity contribution in [3.63, 3.8) is 0 Å². The van der Waals surface area contributed by atoms with Gasteiger partial charge in [-0.05, 0) is 6.07 Å². The van der Waals surface area contributed by atoms with Crippen LogP contribution in [0.3, 0.4) is 0 Å². The number of aromatic nitrogens is 1. The van der Waals surface area contributed by atoms with Crippen LogP contribution in [0.15, 0.2) is 12.3 Å². The second-order valence-corrected chi connectivity index (χ2v) is 3.19. The third kappa shape index (κ3) is 2.57. The second-order valence-electron chi connectivity index (χ2n) is 2.78. The predicted molar refractivity (Wildman–Crippen MR) is 52.4 cm³/mol. The summed E-state index contributed by atoms with van der Waals surface area (Å²) in [6, 6.07) is 2.90. The molecule has 1 heterocycles. The number of aliphatic hydroxyl groups excluding tert-OH is 2. The summed E-state index contributed by atoms with van der Waals surface area (Å²) in [5.74, 6) is 0.221. The van der Waals surface area contributed by atoms with Crippen molar-refractivity contribution in [1.29, 1.82) is 5.26 Å². The fraction of sp³-hybridized carbons (Fsp3) is 0.333. The highest BCUT2D eigenvalue weighted by Crippen LogP contribution is 2.25. The van der Waals surface area contributed by atoms with E-state index in [0.29, 0.717) is 0 Å². The Labute approximate surface area is 91.5 Å². The van der Waals surface area contributed by atoms with Crippen LogP contribution in [0, 0.1) is 11.3 Å². The summed E-state index contributed by atoms with van der Waals surface area (Å²) in [7, 11) is 1.41. The van der Waals surface area contributed by atoms with Gasteiger partial charge < -0.3 is 14.9 Å². The van der Waals surface area contributed by atoms with Crippen molar-refractivity contribution >= 4 is 11.6 Å². The van der Waals surface area contributed by atoms with Gasteiger partial charge in [0.05, 0.1) is 13.2 Å². The van der Waals surface area contributed by atoms with Crippen LogP contribution in [0.2, 0.25) is 5.02 Å². The van der Waals surface area contributed by atoms with E-state index in [1.807, 2.05) is 0 Å². The van der Waals surface area contributed by atoms with Crippen LogP contribution < -0.4 is 4.74 Å². The average Bonchev–Trinajstić information content (AvgIpc) is 2.26. The average molecular weight is 229 g/mol. The van der Waals surface area contributed by atoms with Gasteiger partial charge in [-0.25, -0.2) is 4.98 Å². The first kappa shape index (κ1) is 11.7. The monoisotopic (exact) mass is 228 g/mol. The van der Waals surface area contributed by atoms with Crippen molar-refractivity contribution in [1.82, 2.24) is 4.98 Å². The molecule has 0 saturated carbocycles. The van der Waals surface area contributed by atoms with Gasteiger partial charge in [-0.1, -0.05) is 11.6 Å². The zero-order chi connectivity index (χ0) is 11.4. The quantitative estimate of drug-likeness (QED) is 0.743. The molecule has 1 rings (SSSR count). The first-order chi connectivity index (χ1) is 7.10. The van der Waals surface area contributed by atoms with Crippen molar-refractivity contribution < 1.29 is 14.9 Å². The molecule has 5 nitrogen and oxygen atoms in total. The van der Waals surface area contributed by atoms with Crippen molar-refractivity contribution in [3.05, 3.63) is 22.8 Å². The number of methoxy groups -OCH3 is 1. The molecule has 0 aliphatic rings. The zero-order valence-electron chi connectivity index (χ0n) is 7.88. The van der Waals surface area contributed by atoms with Crippen LogP contribution in [0.1, 0.15) is 11.7 Å². The maximum Gasteiger partial charge on any atom is 0.232 e. The van der Waals surface area contributed by atoms with E-state index in [0.717, 1.165) is 0 Å². The van der Waals surface area contributed by atoms with Crippen molar-refractivity contribution in [2.45, 2.75) is 12.2 Å². The number of pyridine rings is 1. The lowest BCUT2D eigenvalue weighted by atomic mass is 10.1. The molecular formula is C9H9ClN2O3. The summed E-state index contributed by atoms with van der Waals surface area (Å²) >= 11 is 5.76. The minimum atomic E-state index is -1.50. The van der Waals surface area contributed by atoms with E-state index in [1.165, 1.54) is 25.4 Å². The highest BCUT2D eigenvalue weighted by molar-refractivity contribution is 6.31. The van der Waals surface area contributed by atoms with Crippen LogP contribution in [-0.4, -0.2) is 28.4 Å². The molecule has 0 amide bonds. The molecule has 2 N–H and O–H groups in total. The molecule has 0 saturated heterocycles. The molecule has 6 heteroatoms. The fourth-order valence-electron chi connectivity index (χ4n) is 1.01. The summed E-state index contributed by atoms with van der Waals surface area (Å²) in [5.41, 5.74) is 0.259. The molecule has 1 aromatic rings. The predicted octanol–water partition coefficient (Wildman–Crippen LogP) is 0.661. The fourth-order valence-corrected chi connectivity index (χ4v) is 1.26. The number of hydrogen-bond acceptors (Lipinski definition) is 5. The molecule has 0 bridgehead atoms. The highest BCUT2D eigenvalue weighted by atomic mass is 35.5. The molecule has 0 aliphatic heterocycles. The summed E-state index contributed by atoms with van der Waals surface area (Å²) < 4.78 is 4.81. The molecule has 2 atom stereocenters. The smallest absolute Gasteiger partial charge is 0.232 e. The summed E-state index contributed by atoms with van der Waals surface area (Å²) in [6.45, 7) is 0. The SMILES string of the molecule is COc1ncc(C(O)C(O)C#N)cc1Cl. The number of nitrogens with zero attached hydrogens (tertiary/aromatic N) is 2. The van der Waals surface area contributed by atoms with Crippen molar-refractivity contribution in [2.75, 3.05) is 7.11 Å². The Morgan fingerprint density at radius 3 is 2.73 bits per heavy atom. The molecule has 2 unspecified atom stereocenters. The van der Waals surface area contributed by atoms with Gasteiger partial charge in [0.25, 0.3) is 0 Å². The largest absolute Gasteiger partial charge is 0.480 e. The van der Waals surface area contributed by atoms with E-state index in [2.05, 4.69) is 4.98 Å². The van der Waals surface area contributed by atoms with Crippen LogP contribution in [0.4, 0.5) is 0 Å². The summed E-state index contributed by atoms with van der Waals surface area (Å²) in [5, 5.41) is 27.2. The van der Waals surface area contributed by atoms with Gasteiger partial charge in [0.2, 0.25) is 5.88 Å². The van der Waals surface area contributed by atoms with E-state index < -0.39 is 12.2 Å². The van der Waals surface area contributed by atoms with Gasteiger partial charge in [-0.2, -0.15) is 5.26 Å². The molecule has 0 spiro atoms. The zero-order valence-corrected chi connectivity index (χ0v) is 8.64. The number of halogens is 1. The lowest BCUT2D eigenvalue weighted by molar-refractivity contribution is 0.0525. The van der Waals surface area contributed by atoms with E-state index in [9.17, 15) is 5.11 Å². The molecule has 1 aromatic heterocycles. The molecule has 0 fully saturated rings. The normalized spacial score (nSPS) is 14.1. The Kier molecular flexibility index (Phi) is 3.86.